The second-order valence-corrected chi connectivity index (χ2v) is 11.6. The van der Waals surface area contributed by atoms with Crippen LogP contribution in [0.2, 0.25) is 0 Å². The Morgan fingerprint density at radius 2 is 1.85 bits per heavy atom. The third-order valence-electron chi connectivity index (χ3n) is 7.09. The van der Waals surface area contributed by atoms with Crippen molar-refractivity contribution in [2.75, 3.05) is 31.4 Å². The lowest BCUT2D eigenvalue weighted by molar-refractivity contribution is -0.123. The van der Waals surface area contributed by atoms with Crippen molar-refractivity contribution in [2.45, 2.75) is 30.7 Å². The van der Waals surface area contributed by atoms with Gasteiger partial charge in [-0.15, -0.1) is 0 Å². The summed E-state index contributed by atoms with van der Waals surface area (Å²) in [5, 5.41) is 0.715. The molecule has 4 aromatic rings. The first-order valence-electron chi connectivity index (χ1n) is 12.9. The van der Waals surface area contributed by atoms with E-state index in [9.17, 15) is 18.0 Å². The molecule has 0 spiro atoms. The largest absolute Gasteiger partial charge is 0.497 e. The van der Waals surface area contributed by atoms with Gasteiger partial charge in [0.15, 0.2) is 9.84 Å². The molecule has 1 atom stereocenters. The number of aromatic nitrogens is 1. The Balaban J connectivity index is 1.54. The number of carbonyl (C=O) groups excluding carboxylic acids is 2. The van der Waals surface area contributed by atoms with Crippen LogP contribution >= 0.6 is 0 Å². The molecule has 3 aromatic carbocycles. The Morgan fingerprint density at radius 1 is 1.07 bits per heavy atom. The summed E-state index contributed by atoms with van der Waals surface area (Å²) in [6.45, 7) is 2.18. The van der Waals surface area contributed by atoms with Crippen molar-refractivity contribution in [1.29, 1.82) is 0 Å². The number of ether oxygens (including phenoxy) is 2. The number of rotatable bonds is 7. The minimum absolute atomic E-state index is 0.0890. The van der Waals surface area contributed by atoms with E-state index < -0.39 is 27.7 Å². The number of halogens is 1. The summed E-state index contributed by atoms with van der Waals surface area (Å²) in [6.07, 6.45) is 2.14. The molecule has 1 amide bonds. The highest BCUT2D eigenvalue weighted by atomic mass is 32.2. The molecule has 8 nitrogen and oxygen atoms in total. The minimum atomic E-state index is -3.54. The maximum Gasteiger partial charge on any atom is 0.354 e. The number of anilines is 1. The van der Waals surface area contributed by atoms with E-state index in [1.54, 1.807) is 67.1 Å². The lowest BCUT2D eigenvalue weighted by Gasteiger charge is -2.34. The summed E-state index contributed by atoms with van der Waals surface area (Å²) in [5.74, 6) is -0.949. The van der Waals surface area contributed by atoms with Crippen molar-refractivity contribution < 1.29 is 31.9 Å². The number of carbonyl (C=O) groups is 2. The van der Waals surface area contributed by atoms with Crippen LogP contribution in [0.5, 0.6) is 5.75 Å². The van der Waals surface area contributed by atoms with Crippen molar-refractivity contribution in [3.8, 4) is 16.9 Å². The molecular formula is C30H29FN2O6S. The van der Waals surface area contributed by atoms with Gasteiger partial charge in [0, 0.05) is 29.3 Å². The first-order chi connectivity index (χ1) is 19.1. The Labute approximate surface area is 231 Å². The van der Waals surface area contributed by atoms with Gasteiger partial charge >= 0.3 is 5.97 Å². The average molecular weight is 565 g/mol. The second-order valence-electron chi connectivity index (χ2n) is 9.63. The number of amides is 1. The lowest BCUT2D eigenvalue weighted by Crippen LogP contribution is -2.43. The number of sulfone groups is 1. The summed E-state index contributed by atoms with van der Waals surface area (Å²) < 4.78 is 52.4. The van der Waals surface area contributed by atoms with E-state index in [2.05, 4.69) is 0 Å². The van der Waals surface area contributed by atoms with Crippen LogP contribution in [0, 0.1) is 5.82 Å². The summed E-state index contributed by atoms with van der Waals surface area (Å²) in [5.41, 5.74) is 1.76. The molecule has 40 heavy (non-hydrogen) atoms. The molecule has 1 saturated heterocycles. The van der Waals surface area contributed by atoms with Gasteiger partial charge in [0.2, 0.25) is 5.91 Å². The summed E-state index contributed by atoms with van der Waals surface area (Å²) in [7, 11) is -1.99. The molecule has 1 aliphatic rings. The quantitative estimate of drug-likeness (QED) is 0.279. The fourth-order valence-electron chi connectivity index (χ4n) is 5.30. The van der Waals surface area contributed by atoms with E-state index in [4.69, 9.17) is 9.47 Å². The van der Waals surface area contributed by atoms with Crippen molar-refractivity contribution in [2.24, 2.45) is 0 Å². The van der Waals surface area contributed by atoms with Crippen LogP contribution in [0.1, 0.15) is 36.3 Å². The molecule has 0 aliphatic carbocycles. The number of benzene rings is 3. The monoisotopic (exact) mass is 564 g/mol. The highest BCUT2D eigenvalue weighted by molar-refractivity contribution is 7.90. The number of nitrogens with zero attached hydrogens (tertiary/aromatic N) is 2. The number of hydrogen-bond donors (Lipinski definition) is 0. The highest BCUT2D eigenvalue weighted by Crippen LogP contribution is 2.36. The molecule has 1 unspecified atom stereocenters. The Bertz CT molecular complexity index is 1730. The van der Waals surface area contributed by atoms with E-state index in [-0.39, 0.29) is 28.8 Å². The van der Waals surface area contributed by atoms with E-state index in [1.165, 1.54) is 23.1 Å². The van der Waals surface area contributed by atoms with Crippen molar-refractivity contribution in [3.05, 3.63) is 78.2 Å². The molecule has 0 N–H and O–H groups in total. The van der Waals surface area contributed by atoms with Crippen LogP contribution in [-0.4, -0.2) is 51.4 Å². The Hall–Kier alpha value is -4.18. The topological polar surface area (TPSA) is 94.9 Å². The van der Waals surface area contributed by atoms with Gasteiger partial charge in [-0.25, -0.2) is 17.6 Å². The minimum Gasteiger partial charge on any atom is -0.497 e. The summed E-state index contributed by atoms with van der Waals surface area (Å²) in [6, 6.07) is 17.0. The summed E-state index contributed by atoms with van der Waals surface area (Å²) >= 11 is 0. The normalized spacial score (nSPS) is 15.8. The molecule has 10 heteroatoms. The fraction of sp³-hybridized carbons (Fsp3) is 0.267. The summed E-state index contributed by atoms with van der Waals surface area (Å²) in [4.78, 5) is 28.3. The predicted octanol–water partition coefficient (Wildman–Crippen LogP) is 5.40. The van der Waals surface area contributed by atoms with Gasteiger partial charge in [-0.3, -0.25) is 4.79 Å². The van der Waals surface area contributed by atoms with Crippen molar-refractivity contribution >= 4 is 38.3 Å². The molecule has 0 saturated carbocycles. The zero-order valence-corrected chi connectivity index (χ0v) is 23.2. The average Bonchev–Trinajstić information content (AvgIpc) is 3.32. The van der Waals surface area contributed by atoms with Crippen LogP contribution in [0.3, 0.4) is 0 Å². The lowest BCUT2D eigenvalue weighted by atomic mass is 10.0. The number of piperidine rings is 1. The van der Waals surface area contributed by atoms with Gasteiger partial charge in [-0.05, 0) is 67.8 Å². The fourth-order valence-corrected chi connectivity index (χ4v) is 6.21. The number of esters is 1. The van der Waals surface area contributed by atoms with E-state index >= 15 is 4.39 Å². The van der Waals surface area contributed by atoms with Crippen LogP contribution in [0.4, 0.5) is 10.1 Å². The SMILES string of the molecule is CCOC(=O)c1cc2cc(OC)ccc2n1C1CCCN(c2ccc(-c3ccccc3S(C)(=O)=O)cc2F)C1=O. The number of fused-ring (bicyclic) bond motifs is 1. The molecule has 208 valence electrons. The van der Waals surface area contributed by atoms with Gasteiger partial charge in [0.05, 0.1) is 24.3 Å². The molecule has 1 aliphatic heterocycles. The van der Waals surface area contributed by atoms with Crippen LogP contribution < -0.4 is 9.64 Å². The van der Waals surface area contributed by atoms with Gasteiger partial charge in [0.25, 0.3) is 0 Å². The van der Waals surface area contributed by atoms with Gasteiger partial charge in [-0.2, -0.15) is 0 Å². The third-order valence-corrected chi connectivity index (χ3v) is 8.24. The molecule has 0 bridgehead atoms. The van der Waals surface area contributed by atoms with Gasteiger partial charge in [0.1, 0.15) is 23.3 Å². The predicted molar refractivity (Wildman–Crippen MR) is 150 cm³/mol. The third kappa shape index (κ3) is 4.95. The van der Waals surface area contributed by atoms with Gasteiger partial charge < -0.3 is 18.9 Å². The molecule has 2 heterocycles. The van der Waals surface area contributed by atoms with Crippen LogP contribution in [-0.2, 0) is 19.4 Å². The van der Waals surface area contributed by atoms with E-state index in [1.807, 2.05) is 0 Å². The zero-order chi connectivity index (χ0) is 28.6. The molecule has 1 aromatic heterocycles. The molecule has 0 radical (unpaired) electrons. The Kier molecular flexibility index (Phi) is 7.37. The first kappa shape index (κ1) is 27.4. The zero-order valence-electron chi connectivity index (χ0n) is 22.4. The number of methoxy groups -OCH3 is 1. The highest BCUT2D eigenvalue weighted by Gasteiger charge is 2.35. The Morgan fingerprint density at radius 3 is 2.55 bits per heavy atom. The number of hydrogen-bond acceptors (Lipinski definition) is 6. The molecular weight excluding hydrogens is 535 g/mol. The van der Waals surface area contributed by atoms with Gasteiger partial charge in [-0.1, -0.05) is 24.3 Å². The van der Waals surface area contributed by atoms with Crippen LogP contribution in [0.25, 0.3) is 22.0 Å². The standard InChI is InChI=1S/C30H29FN2O6S/c1-4-39-30(35)27-18-20-16-21(38-2)12-14-24(20)33(27)26-9-7-15-32(29(26)34)25-13-11-19(17-23(25)31)22-8-5-6-10-28(22)40(3,36)37/h5-6,8,10-14,16-18,26H,4,7,9,15H2,1-3H3. The first-order valence-corrected chi connectivity index (χ1v) is 14.8. The van der Waals surface area contributed by atoms with E-state index in [0.29, 0.717) is 47.2 Å². The van der Waals surface area contributed by atoms with Crippen LogP contribution in [0.15, 0.2) is 71.6 Å². The van der Waals surface area contributed by atoms with Crippen molar-refractivity contribution in [1.82, 2.24) is 4.57 Å². The second kappa shape index (κ2) is 10.8. The van der Waals surface area contributed by atoms with E-state index in [0.717, 1.165) is 6.26 Å². The smallest absolute Gasteiger partial charge is 0.354 e. The van der Waals surface area contributed by atoms with Crippen molar-refractivity contribution in [3.63, 3.8) is 0 Å². The maximum absolute atomic E-state index is 15.6. The maximum atomic E-state index is 15.6. The molecule has 1 fully saturated rings. The molecule has 5 rings (SSSR count).